The van der Waals surface area contributed by atoms with Crippen LogP contribution in [-0.4, -0.2) is 33.4 Å². The summed E-state index contributed by atoms with van der Waals surface area (Å²) >= 11 is 3.40. The van der Waals surface area contributed by atoms with Crippen molar-refractivity contribution in [1.82, 2.24) is 15.0 Å². The molecule has 0 bridgehead atoms. The van der Waals surface area contributed by atoms with Crippen LogP contribution < -0.4 is 9.47 Å². The number of aromatic nitrogens is 3. The fraction of sp³-hybridized carbons (Fsp3) is 0.250. The Hall–Kier alpha value is -1.93. The summed E-state index contributed by atoms with van der Waals surface area (Å²) in [6, 6.07) is 5.48. The maximum Gasteiger partial charge on any atom is 0.197 e. The van der Waals surface area contributed by atoms with Crippen LogP contribution in [0.15, 0.2) is 34.0 Å². The van der Waals surface area contributed by atoms with E-state index in [-0.39, 0.29) is 5.75 Å². The number of benzene rings is 1. The van der Waals surface area contributed by atoms with Gasteiger partial charge in [-0.15, -0.1) is 0 Å². The lowest BCUT2D eigenvalue weighted by Gasteiger charge is -2.10. The van der Waals surface area contributed by atoms with Gasteiger partial charge in [-0.25, -0.2) is 4.98 Å². The Bertz CT molecular complexity index is 926. The second-order valence-corrected chi connectivity index (χ2v) is 7.35. The minimum atomic E-state index is -1.34. The zero-order valence-electron chi connectivity index (χ0n) is 13.4. The molecule has 0 radical (unpaired) electrons. The van der Waals surface area contributed by atoms with E-state index in [1.807, 2.05) is 25.1 Å². The van der Waals surface area contributed by atoms with Gasteiger partial charge >= 0.3 is 0 Å². The van der Waals surface area contributed by atoms with Gasteiger partial charge < -0.3 is 14.5 Å². The van der Waals surface area contributed by atoms with Crippen LogP contribution in [0.2, 0.25) is 0 Å². The number of methoxy groups -OCH3 is 2. The van der Waals surface area contributed by atoms with Gasteiger partial charge in [0.15, 0.2) is 5.16 Å². The molecule has 3 aromatic rings. The lowest BCUT2D eigenvalue weighted by atomic mass is 10.2. The maximum atomic E-state index is 12.7. The number of hydrogen-bond donors (Lipinski definition) is 1. The lowest BCUT2D eigenvalue weighted by Crippen LogP contribution is -2.04. The molecule has 1 N–H and O–H groups in total. The Kier molecular flexibility index (Phi) is 4.86. The summed E-state index contributed by atoms with van der Waals surface area (Å²) in [5, 5.41) is 0.418. The topological polar surface area (TPSA) is 77.1 Å². The maximum absolute atomic E-state index is 12.7. The highest BCUT2D eigenvalue weighted by Crippen LogP contribution is 2.30. The zero-order chi connectivity index (χ0) is 17.3. The van der Waals surface area contributed by atoms with Gasteiger partial charge in [0.25, 0.3) is 0 Å². The van der Waals surface area contributed by atoms with E-state index < -0.39 is 10.8 Å². The van der Waals surface area contributed by atoms with Crippen LogP contribution in [0.1, 0.15) is 11.3 Å². The van der Waals surface area contributed by atoms with Crippen LogP contribution in [0.4, 0.5) is 0 Å². The molecular weight excluding hydrogens is 394 g/mol. The lowest BCUT2D eigenvalue weighted by molar-refractivity contribution is 0.407. The zero-order valence-corrected chi connectivity index (χ0v) is 15.8. The molecule has 2 aromatic heterocycles. The van der Waals surface area contributed by atoms with E-state index in [2.05, 4.69) is 30.9 Å². The van der Waals surface area contributed by atoms with Gasteiger partial charge in [-0.2, -0.15) is 0 Å². The average molecular weight is 410 g/mol. The van der Waals surface area contributed by atoms with Crippen molar-refractivity contribution >= 4 is 37.8 Å². The molecule has 0 spiro atoms. The van der Waals surface area contributed by atoms with Crippen molar-refractivity contribution in [2.75, 3.05) is 14.2 Å². The smallest absolute Gasteiger partial charge is 0.197 e. The van der Waals surface area contributed by atoms with Crippen molar-refractivity contribution in [3.63, 3.8) is 0 Å². The van der Waals surface area contributed by atoms with E-state index >= 15 is 0 Å². The molecule has 6 nitrogen and oxygen atoms in total. The van der Waals surface area contributed by atoms with E-state index in [0.29, 0.717) is 16.6 Å². The largest absolute Gasteiger partial charge is 0.497 e. The molecule has 0 fully saturated rings. The Balaban J connectivity index is 1.90. The number of imidazole rings is 1. The summed E-state index contributed by atoms with van der Waals surface area (Å²) in [5.74, 6) is 1.68. The normalized spacial score (nSPS) is 12.3. The number of aromatic amines is 1. The van der Waals surface area contributed by atoms with Crippen LogP contribution in [0.25, 0.3) is 11.0 Å². The first-order valence-corrected chi connectivity index (χ1v) is 9.24. The van der Waals surface area contributed by atoms with Gasteiger partial charge in [0.1, 0.15) is 11.5 Å². The number of hydrogen-bond acceptors (Lipinski definition) is 5. The van der Waals surface area contributed by atoms with Crippen molar-refractivity contribution in [2.45, 2.75) is 17.8 Å². The van der Waals surface area contributed by atoms with E-state index in [9.17, 15) is 4.21 Å². The number of pyridine rings is 1. The Labute approximate surface area is 150 Å². The van der Waals surface area contributed by atoms with Crippen LogP contribution in [0.5, 0.6) is 11.5 Å². The molecule has 2 heterocycles. The highest BCUT2D eigenvalue weighted by molar-refractivity contribution is 9.10. The number of halogens is 1. The Morgan fingerprint density at radius 3 is 2.79 bits per heavy atom. The van der Waals surface area contributed by atoms with Gasteiger partial charge in [0.2, 0.25) is 0 Å². The van der Waals surface area contributed by atoms with E-state index in [4.69, 9.17) is 9.47 Å². The number of H-pyrrole nitrogens is 1. The average Bonchev–Trinajstić information content (AvgIpc) is 3.01. The molecule has 24 heavy (non-hydrogen) atoms. The van der Waals surface area contributed by atoms with Crippen LogP contribution in [0, 0.1) is 6.92 Å². The summed E-state index contributed by atoms with van der Waals surface area (Å²) in [5.41, 5.74) is 3.11. The summed E-state index contributed by atoms with van der Waals surface area (Å²) in [6.45, 7) is 1.90. The molecule has 0 aliphatic heterocycles. The second-order valence-electron chi connectivity index (χ2n) is 5.13. The molecule has 1 aromatic carbocycles. The first-order chi connectivity index (χ1) is 11.5. The molecule has 1 atom stereocenters. The standard InChI is InChI=1S/C16H16BrN3O3S/c1-9-14(18-7-11(17)15(9)23-3)8-24(21)16-19-12-5-4-10(22-2)6-13(12)20-16/h4-7H,8H2,1-3H3,(H,19,20). The molecule has 3 rings (SSSR count). The van der Waals surface area contributed by atoms with Gasteiger partial charge in [-0.05, 0) is 35.0 Å². The van der Waals surface area contributed by atoms with Crippen molar-refractivity contribution in [1.29, 1.82) is 0 Å². The highest BCUT2D eigenvalue weighted by atomic mass is 79.9. The fourth-order valence-corrected chi connectivity index (χ4v) is 4.05. The third-order valence-corrected chi connectivity index (χ3v) is 5.40. The summed E-state index contributed by atoms with van der Waals surface area (Å²) < 4.78 is 24.0. The molecular formula is C16H16BrN3O3S. The first-order valence-electron chi connectivity index (χ1n) is 7.13. The third-order valence-electron chi connectivity index (χ3n) is 3.68. The first kappa shape index (κ1) is 16.9. The predicted molar refractivity (Wildman–Crippen MR) is 96.0 cm³/mol. The molecule has 126 valence electrons. The van der Waals surface area contributed by atoms with E-state index in [0.717, 1.165) is 26.8 Å². The third kappa shape index (κ3) is 3.16. The van der Waals surface area contributed by atoms with Crippen molar-refractivity contribution < 1.29 is 13.7 Å². The summed E-state index contributed by atoms with van der Waals surface area (Å²) in [4.78, 5) is 11.8. The number of fused-ring (bicyclic) bond motifs is 1. The van der Waals surface area contributed by atoms with Crippen molar-refractivity contribution in [2.24, 2.45) is 0 Å². The molecule has 0 aliphatic rings. The van der Waals surface area contributed by atoms with Crippen LogP contribution in [0.3, 0.4) is 0 Å². The number of rotatable bonds is 5. The molecule has 8 heteroatoms. The molecule has 0 saturated heterocycles. The SMILES string of the molecule is COc1ccc2nc(S(=O)Cc3ncc(Br)c(OC)c3C)[nH]c2c1. The molecule has 0 amide bonds. The molecule has 1 unspecified atom stereocenters. The van der Waals surface area contributed by atoms with Gasteiger partial charge in [0, 0.05) is 17.8 Å². The second kappa shape index (κ2) is 6.90. The predicted octanol–water partition coefficient (Wildman–Crippen LogP) is 3.35. The Morgan fingerprint density at radius 2 is 2.08 bits per heavy atom. The summed E-state index contributed by atoms with van der Waals surface area (Å²) in [7, 11) is 1.86. The summed E-state index contributed by atoms with van der Waals surface area (Å²) in [6.07, 6.45) is 1.65. The van der Waals surface area contributed by atoms with Crippen LogP contribution in [-0.2, 0) is 16.6 Å². The van der Waals surface area contributed by atoms with Crippen LogP contribution >= 0.6 is 15.9 Å². The quantitative estimate of drug-likeness (QED) is 0.698. The number of nitrogens with one attached hydrogen (secondary N) is 1. The minimum Gasteiger partial charge on any atom is -0.497 e. The van der Waals surface area contributed by atoms with E-state index in [1.165, 1.54) is 0 Å². The number of nitrogens with zero attached hydrogens (tertiary/aromatic N) is 2. The minimum absolute atomic E-state index is 0.256. The monoisotopic (exact) mass is 409 g/mol. The van der Waals surface area contributed by atoms with Gasteiger partial charge in [0.05, 0.1) is 52.0 Å². The van der Waals surface area contributed by atoms with Crippen molar-refractivity contribution in [3.8, 4) is 11.5 Å². The van der Waals surface area contributed by atoms with E-state index in [1.54, 1.807) is 20.4 Å². The van der Waals surface area contributed by atoms with Crippen molar-refractivity contribution in [3.05, 3.63) is 40.1 Å². The highest BCUT2D eigenvalue weighted by Gasteiger charge is 2.16. The van der Waals surface area contributed by atoms with Gasteiger partial charge in [-0.3, -0.25) is 9.19 Å². The van der Waals surface area contributed by atoms with Gasteiger partial charge in [-0.1, -0.05) is 0 Å². The molecule has 0 aliphatic carbocycles. The number of ether oxygens (including phenoxy) is 2. The Morgan fingerprint density at radius 1 is 1.29 bits per heavy atom. The molecule has 0 saturated carbocycles. The fourth-order valence-electron chi connectivity index (χ4n) is 2.39.